The Morgan fingerprint density at radius 3 is 1.65 bits per heavy atom. The van der Waals surface area contributed by atoms with Gasteiger partial charge < -0.3 is 5.32 Å². The lowest BCUT2D eigenvalue weighted by Gasteiger charge is -2.47. The lowest BCUT2D eigenvalue weighted by molar-refractivity contribution is 0.562. The van der Waals surface area contributed by atoms with Gasteiger partial charge in [0, 0.05) is 29.2 Å². The van der Waals surface area contributed by atoms with Crippen LogP contribution in [0.15, 0.2) is 169 Å². The van der Waals surface area contributed by atoms with Crippen molar-refractivity contribution in [2.45, 2.75) is 24.7 Å². The molecule has 0 bridgehead atoms. The zero-order chi connectivity index (χ0) is 32.9. The van der Waals surface area contributed by atoms with Crippen LogP contribution in [-0.4, -0.2) is 12.9 Å². The topological polar surface area (TPSA) is 24.4 Å². The summed E-state index contributed by atoms with van der Waals surface area (Å²) in [6, 6.07) is 54.7. The summed E-state index contributed by atoms with van der Waals surface area (Å²) in [5.41, 5.74) is 14.8. The Bertz CT molecular complexity index is 2210. The summed E-state index contributed by atoms with van der Waals surface area (Å²) in [5, 5.41) is 3.39. The summed E-state index contributed by atoms with van der Waals surface area (Å²) in [4.78, 5) is 5.43. The molecule has 0 aromatic heterocycles. The number of rotatable bonds is 5. The van der Waals surface area contributed by atoms with Gasteiger partial charge in [-0.1, -0.05) is 178 Å². The standard InChI is InChI=1S/C46H38N2/c1-5-33(43(31-19-8-6-9-20-31)48-44(47-4)32-21-10-7-11-22-32)36-25-18-30-41-42(36)46(40-29-17-16-28-39(40)45(41,2)3)37-26-14-12-23-34(37)35-24-13-15-27-38(35)46/h5-30H,1H2,2-4H3,(H,47,48)/b43-33+. The van der Waals surface area contributed by atoms with Gasteiger partial charge in [0.25, 0.3) is 0 Å². The molecule has 0 unspecified atom stereocenters. The molecule has 2 heteroatoms. The zero-order valence-corrected chi connectivity index (χ0v) is 27.7. The highest BCUT2D eigenvalue weighted by Gasteiger charge is 2.54. The first kappa shape index (κ1) is 29.7. The second-order valence-corrected chi connectivity index (χ2v) is 13.1. The Labute approximate surface area is 283 Å². The highest BCUT2D eigenvalue weighted by molar-refractivity contribution is 6.06. The molecule has 0 heterocycles. The second-order valence-electron chi connectivity index (χ2n) is 13.1. The predicted octanol–water partition coefficient (Wildman–Crippen LogP) is 10.4. The van der Waals surface area contributed by atoms with Crippen LogP contribution in [0.4, 0.5) is 0 Å². The number of benzene rings is 6. The quantitative estimate of drug-likeness (QED) is 0.0883. The summed E-state index contributed by atoms with van der Waals surface area (Å²) < 4.78 is 0. The van der Waals surface area contributed by atoms with Crippen LogP contribution in [0.3, 0.4) is 0 Å². The van der Waals surface area contributed by atoms with Crippen LogP contribution in [0.25, 0.3) is 22.4 Å². The van der Waals surface area contributed by atoms with E-state index in [0.717, 1.165) is 33.8 Å². The number of allylic oxidation sites excluding steroid dienone is 2. The molecule has 8 rings (SSSR count). The molecule has 2 aliphatic rings. The first-order valence-electron chi connectivity index (χ1n) is 16.7. The third kappa shape index (κ3) is 4.22. The molecule has 232 valence electrons. The van der Waals surface area contributed by atoms with E-state index in [2.05, 4.69) is 159 Å². The molecular formula is C46H38N2. The average molecular weight is 619 g/mol. The number of nitrogens with one attached hydrogen (secondary N) is 1. The minimum Gasteiger partial charge on any atom is -0.373 e. The molecule has 1 N–H and O–H groups in total. The van der Waals surface area contributed by atoms with Gasteiger partial charge in [-0.05, 0) is 50.1 Å². The SMILES string of the molecule is C=C/C(=C(\N=C(/NC)c1ccccc1)c1ccccc1)c1cccc2c1C1(c3ccccc3-c3ccccc31)c1ccccc1C2(C)C. The summed E-state index contributed by atoms with van der Waals surface area (Å²) in [7, 11) is 1.94. The first-order valence-corrected chi connectivity index (χ1v) is 16.7. The normalized spacial score (nSPS) is 15.4. The summed E-state index contributed by atoms with van der Waals surface area (Å²) >= 11 is 0. The maximum Gasteiger partial charge on any atom is 0.133 e. The Morgan fingerprint density at radius 1 is 0.562 bits per heavy atom. The van der Waals surface area contributed by atoms with Crippen molar-refractivity contribution in [3.63, 3.8) is 0 Å². The van der Waals surface area contributed by atoms with E-state index < -0.39 is 5.41 Å². The number of nitrogens with zero attached hydrogens (tertiary/aromatic N) is 1. The van der Waals surface area contributed by atoms with E-state index in [1.165, 1.54) is 44.5 Å². The fourth-order valence-electron chi connectivity index (χ4n) is 8.31. The molecule has 0 saturated heterocycles. The van der Waals surface area contributed by atoms with E-state index in [-0.39, 0.29) is 5.41 Å². The number of aliphatic imine (C=N–C) groups is 1. The minimum atomic E-state index is -0.531. The molecule has 48 heavy (non-hydrogen) atoms. The molecule has 1 spiro atoms. The van der Waals surface area contributed by atoms with E-state index >= 15 is 0 Å². The van der Waals surface area contributed by atoms with Crippen molar-refractivity contribution < 1.29 is 0 Å². The van der Waals surface area contributed by atoms with Gasteiger partial charge in [0.1, 0.15) is 5.84 Å². The molecule has 0 aliphatic heterocycles. The van der Waals surface area contributed by atoms with Crippen LogP contribution in [0.2, 0.25) is 0 Å². The van der Waals surface area contributed by atoms with Gasteiger partial charge in [-0.15, -0.1) is 0 Å². The van der Waals surface area contributed by atoms with Crippen molar-refractivity contribution in [2.24, 2.45) is 4.99 Å². The average Bonchev–Trinajstić information content (AvgIpc) is 3.44. The molecule has 6 aromatic carbocycles. The van der Waals surface area contributed by atoms with E-state index in [0.29, 0.717) is 0 Å². The van der Waals surface area contributed by atoms with Crippen LogP contribution in [-0.2, 0) is 10.8 Å². The summed E-state index contributed by atoms with van der Waals surface area (Å²) in [6.45, 7) is 9.22. The van der Waals surface area contributed by atoms with E-state index in [4.69, 9.17) is 4.99 Å². The first-order chi connectivity index (χ1) is 23.5. The van der Waals surface area contributed by atoms with Crippen molar-refractivity contribution in [3.05, 3.63) is 214 Å². The van der Waals surface area contributed by atoms with Crippen LogP contribution < -0.4 is 5.32 Å². The van der Waals surface area contributed by atoms with Crippen LogP contribution in [0, 0.1) is 0 Å². The van der Waals surface area contributed by atoms with E-state index in [1.54, 1.807) is 0 Å². The highest BCUT2D eigenvalue weighted by Crippen LogP contribution is 2.63. The minimum absolute atomic E-state index is 0.248. The van der Waals surface area contributed by atoms with Crippen LogP contribution in [0.1, 0.15) is 63.9 Å². The third-order valence-corrected chi connectivity index (χ3v) is 10.4. The fraction of sp³-hybridized carbons (Fsp3) is 0.109. The van der Waals surface area contributed by atoms with Gasteiger partial charge in [0.15, 0.2) is 0 Å². The smallest absolute Gasteiger partial charge is 0.133 e. The molecule has 6 aromatic rings. The van der Waals surface area contributed by atoms with Gasteiger partial charge in [-0.3, -0.25) is 0 Å². The Balaban J connectivity index is 1.55. The molecule has 0 atom stereocenters. The molecule has 0 saturated carbocycles. The number of hydrogen-bond donors (Lipinski definition) is 1. The summed E-state index contributed by atoms with van der Waals surface area (Å²) in [6.07, 6.45) is 2.01. The van der Waals surface area contributed by atoms with Crippen molar-refractivity contribution in [1.29, 1.82) is 0 Å². The number of amidine groups is 1. The molecule has 0 amide bonds. The largest absolute Gasteiger partial charge is 0.373 e. The highest BCUT2D eigenvalue weighted by atomic mass is 15.0. The van der Waals surface area contributed by atoms with Crippen LogP contribution in [0.5, 0.6) is 0 Å². The Kier molecular flexibility index (Phi) is 7.11. The van der Waals surface area contributed by atoms with E-state index in [1.807, 2.05) is 31.3 Å². The van der Waals surface area contributed by atoms with Crippen molar-refractivity contribution in [3.8, 4) is 11.1 Å². The van der Waals surface area contributed by atoms with Crippen molar-refractivity contribution in [1.82, 2.24) is 5.32 Å². The van der Waals surface area contributed by atoms with E-state index in [9.17, 15) is 0 Å². The maximum atomic E-state index is 5.43. The molecule has 2 nitrogen and oxygen atoms in total. The Morgan fingerprint density at radius 2 is 1.06 bits per heavy atom. The fourth-order valence-corrected chi connectivity index (χ4v) is 8.31. The summed E-state index contributed by atoms with van der Waals surface area (Å²) in [5.74, 6) is 0.801. The second kappa shape index (κ2) is 11.5. The van der Waals surface area contributed by atoms with Crippen molar-refractivity contribution in [2.75, 3.05) is 7.05 Å². The predicted molar refractivity (Wildman–Crippen MR) is 201 cm³/mol. The third-order valence-electron chi connectivity index (χ3n) is 10.4. The van der Waals surface area contributed by atoms with Crippen molar-refractivity contribution >= 4 is 17.1 Å². The molecule has 0 radical (unpaired) electrons. The van der Waals surface area contributed by atoms with Gasteiger partial charge in [-0.25, -0.2) is 4.99 Å². The molecular weight excluding hydrogens is 581 g/mol. The zero-order valence-electron chi connectivity index (χ0n) is 27.7. The number of fused-ring (bicyclic) bond motifs is 9. The van der Waals surface area contributed by atoms with Crippen LogP contribution >= 0.6 is 0 Å². The Hall–Kier alpha value is -5.73. The van der Waals surface area contributed by atoms with Gasteiger partial charge in [-0.2, -0.15) is 0 Å². The van der Waals surface area contributed by atoms with Gasteiger partial charge in [0.2, 0.25) is 0 Å². The maximum absolute atomic E-state index is 5.43. The lowest BCUT2D eigenvalue weighted by atomic mass is 9.54. The molecule has 2 aliphatic carbocycles. The number of hydrogen-bond acceptors (Lipinski definition) is 1. The monoisotopic (exact) mass is 618 g/mol. The molecule has 0 fully saturated rings. The van der Waals surface area contributed by atoms with Gasteiger partial charge in [0.05, 0.1) is 11.1 Å². The lowest BCUT2D eigenvalue weighted by Crippen LogP contribution is -2.41. The van der Waals surface area contributed by atoms with Gasteiger partial charge >= 0.3 is 0 Å².